The topological polar surface area (TPSA) is 134 Å². The van der Waals surface area contributed by atoms with Crippen LogP contribution < -0.4 is 16.4 Å². The summed E-state index contributed by atoms with van der Waals surface area (Å²) < 4.78 is 22.2. The summed E-state index contributed by atoms with van der Waals surface area (Å²) in [6.45, 7) is 7.99. The number of nitrogens with zero attached hydrogens (tertiary/aromatic N) is 3. The molecule has 318 valence electrons. The Morgan fingerprint density at radius 3 is 2.45 bits per heavy atom. The highest BCUT2D eigenvalue weighted by molar-refractivity contribution is 5.83. The molecule has 2 fully saturated rings. The molecule has 0 aliphatic carbocycles. The fourth-order valence-corrected chi connectivity index (χ4v) is 10.7. The second-order valence-corrected chi connectivity index (χ2v) is 18.1. The van der Waals surface area contributed by atoms with Crippen LogP contribution in [0.4, 0.5) is 0 Å². The van der Waals surface area contributed by atoms with E-state index in [4.69, 9.17) is 24.9 Å². The van der Waals surface area contributed by atoms with Crippen molar-refractivity contribution in [3.05, 3.63) is 12.2 Å². The van der Waals surface area contributed by atoms with Crippen molar-refractivity contribution in [2.75, 3.05) is 32.8 Å². The van der Waals surface area contributed by atoms with Gasteiger partial charge in [-0.05, 0) is 77.7 Å². The molecule has 11 nitrogen and oxygen atoms in total. The minimum absolute atomic E-state index is 0.0752. The lowest BCUT2D eigenvalue weighted by Gasteiger charge is -2.50. The van der Waals surface area contributed by atoms with E-state index < -0.39 is 11.4 Å². The Balaban J connectivity index is 0.840. The fourth-order valence-electron chi connectivity index (χ4n) is 10.7. The van der Waals surface area contributed by atoms with Crippen LogP contribution in [0.5, 0.6) is 0 Å². The molecule has 0 saturated carbocycles. The number of guanidine groups is 1. The molecule has 0 aromatic rings. The Morgan fingerprint density at radius 2 is 1.73 bits per heavy atom. The third-order valence-electron chi connectivity index (χ3n) is 13.6. The molecule has 11 heteroatoms. The van der Waals surface area contributed by atoms with Crippen LogP contribution in [0.25, 0.3) is 0 Å². The third kappa shape index (κ3) is 11.5. The molecule has 8 atom stereocenters. The largest absolute Gasteiger partial charge is 0.465 e. The normalized spacial score (nSPS) is 31.8. The number of unbranched alkanes of at least 4 members (excludes halogenated alkanes) is 12. The number of ether oxygens (including phenoxy) is 3. The number of aliphatic hydroxyl groups is 1. The fraction of sp³-hybridized carbons (Fsp3) is 0.889. The highest BCUT2D eigenvalue weighted by Crippen LogP contribution is 2.45. The maximum atomic E-state index is 14.1. The van der Waals surface area contributed by atoms with Crippen LogP contribution in [-0.2, 0) is 19.0 Å². The molecule has 5 N–H and O–H groups in total. The summed E-state index contributed by atoms with van der Waals surface area (Å²) in [6, 6.07) is 0.415. The van der Waals surface area contributed by atoms with E-state index in [0.717, 1.165) is 103 Å². The van der Waals surface area contributed by atoms with Crippen molar-refractivity contribution in [3.63, 3.8) is 0 Å². The van der Waals surface area contributed by atoms with E-state index >= 15 is 0 Å². The van der Waals surface area contributed by atoms with Gasteiger partial charge in [0.15, 0.2) is 11.6 Å². The second kappa shape index (κ2) is 21.7. The molecular formula is C45H79N6O5+. The first kappa shape index (κ1) is 43.4. The van der Waals surface area contributed by atoms with E-state index in [1.165, 1.54) is 76.5 Å². The zero-order valence-corrected chi connectivity index (χ0v) is 35.3. The van der Waals surface area contributed by atoms with Crippen LogP contribution in [0.3, 0.4) is 0 Å². The predicted octanol–water partition coefficient (Wildman–Crippen LogP) is 7.04. The standard InChI is InChI=1S/C45H78N6O5/c1-3-38-22-16-17-27-44(56-38)33-36-24-25-39-41(45(28-19-21-35(2)55-45)49-43(48-44)51(36)39)42(53)54-32-18-14-12-10-8-6-4-5-7-9-11-13-15-23-40-47-30-20-31-50(40)34-37(52)26-29-46/h16,22,35-39,41,52H,3-15,17-21,23-34,46H2,1-2H3,(H,48,49)/p+1/t35-,36+,37-,38+,39-,41-,44+,45-/m1/s1. The predicted molar refractivity (Wildman–Crippen MR) is 224 cm³/mol. The molecule has 0 amide bonds. The van der Waals surface area contributed by atoms with Crippen molar-refractivity contribution in [1.29, 1.82) is 0 Å². The first-order valence-electron chi connectivity index (χ1n) is 23.4. The molecule has 0 aromatic heterocycles. The van der Waals surface area contributed by atoms with Crippen molar-refractivity contribution in [2.45, 2.75) is 216 Å². The van der Waals surface area contributed by atoms with Gasteiger partial charge < -0.3 is 30.0 Å². The van der Waals surface area contributed by atoms with E-state index in [9.17, 15) is 9.90 Å². The third-order valence-corrected chi connectivity index (χ3v) is 13.6. The summed E-state index contributed by atoms with van der Waals surface area (Å²) in [5.74, 6) is 1.77. The molecule has 0 aromatic carbocycles. The molecule has 2 saturated heterocycles. The van der Waals surface area contributed by atoms with Crippen molar-refractivity contribution in [1.82, 2.24) is 15.5 Å². The minimum atomic E-state index is -0.748. The van der Waals surface area contributed by atoms with E-state index in [2.05, 4.69) is 46.1 Å². The Kier molecular flexibility index (Phi) is 16.8. The average Bonchev–Trinajstić information content (AvgIpc) is 3.49. The zero-order chi connectivity index (χ0) is 39.2. The Bertz CT molecular complexity index is 1330. The number of amidine groups is 1. The SMILES string of the molecule is CC[C@H]1C=CCC[C@@]2(C[C@@H]3CC[C@@H]4[C@H](C(=O)OCCCCCCCCCCCCCCCC5=NCCCN5C[C@H](O)CCN)[C@]5(CCC[C@@H](C)O5)NC(=[N+]34)N2)O1. The summed E-state index contributed by atoms with van der Waals surface area (Å²) >= 11 is 0. The molecule has 0 radical (unpaired) electrons. The van der Waals surface area contributed by atoms with Gasteiger partial charge >= 0.3 is 11.9 Å². The van der Waals surface area contributed by atoms with Crippen LogP contribution in [0.1, 0.15) is 174 Å². The molecule has 6 heterocycles. The van der Waals surface area contributed by atoms with Crippen LogP contribution >= 0.6 is 0 Å². The van der Waals surface area contributed by atoms with Gasteiger partial charge in [-0.2, -0.15) is 0 Å². The van der Waals surface area contributed by atoms with Crippen LogP contribution in [0, 0.1) is 5.92 Å². The van der Waals surface area contributed by atoms with Crippen LogP contribution in [0.15, 0.2) is 17.1 Å². The Morgan fingerprint density at radius 1 is 1.00 bits per heavy atom. The summed E-state index contributed by atoms with van der Waals surface area (Å²) in [5.41, 5.74) is 4.47. The molecular weight excluding hydrogens is 705 g/mol. The van der Waals surface area contributed by atoms with Gasteiger partial charge in [0.05, 0.1) is 42.8 Å². The number of allylic oxidation sites excluding steroid dienone is 1. The number of rotatable bonds is 22. The van der Waals surface area contributed by atoms with Crippen LogP contribution in [0.2, 0.25) is 0 Å². The maximum Gasteiger partial charge on any atom is 0.350 e. The lowest BCUT2D eigenvalue weighted by molar-refractivity contribution is -0.609. The zero-order valence-electron chi connectivity index (χ0n) is 35.3. The van der Waals surface area contributed by atoms with Crippen LogP contribution in [-0.4, -0.2) is 107 Å². The smallest absolute Gasteiger partial charge is 0.350 e. The van der Waals surface area contributed by atoms with Gasteiger partial charge in [-0.15, -0.1) is 0 Å². The van der Waals surface area contributed by atoms with Gasteiger partial charge in [-0.25, -0.2) is 10.6 Å². The molecule has 6 aliphatic rings. The molecule has 2 spiro atoms. The quantitative estimate of drug-likeness (QED) is 0.0395. The van der Waals surface area contributed by atoms with Crippen molar-refractivity contribution in [3.8, 4) is 0 Å². The van der Waals surface area contributed by atoms with Gasteiger partial charge in [0.1, 0.15) is 0 Å². The highest BCUT2D eigenvalue weighted by atomic mass is 16.6. The summed E-state index contributed by atoms with van der Waals surface area (Å²) in [6.07, 6.45) is 32.2. The number of carbonyl (C=O) groups excluding carboxylic acids is 1. The van der Waals surface area contributed by atoms with Crippen molar-refractivity contribution < 1.29 is 28.7 Å². The molecule has 0 unspecified atom stereocenters. The Labute approximate surface area is 339 Å². The van der Waals surface area contributed by atoms with Gasteiger partial charge in [0, 0.05) is 45.3 Å². The summed E-state index contributed by atoms with van der Waals surface area (Å²) in [5, 5.41) is 17.9. The maximum absolute atomic E-state index is 14.1. The number of nitrogens with two attached hydrogens (primary N) is 1. The minimum Gasteiger partial charge on any atom is -0.465 e. The number of esters is 1. The number of nitrogens with one attached hydrogen (secondary N) is 2. The molecule has 6 rings (SSSR count). The first-order valence-corrected chi connectivity index (χ1v) is 23.4. The monoisotopic (exact) mass is 784 g/mol. The summed E-state index contributed by atoms with van der Waals surface area (Å²) in [4.78, 5) is 21.1. The number of β-amino-alcohol motifs (C(OH)–C–C–N with tert-alkyl or cyclic N) is 1. The molecule has 6 aliphatic heterocycles. The number of hydrogen-bond donors (Lipinski definition) is 4. The van der Waals surface area contributed by atoms with Gasteiger partial charge in [-0.3, -0.25) is 14.4 Å². The molecule has 0 bridgehead atoms. The van der Waals surface area contributed by atoms with E-state index in [1.54, 1.807) is 0 Å². The lowest BCUT2D eigenvalue weighted by atomic mass is 9.80. The number of aliphatic hydroxyl groups excluding tert-OH is 1. The summed E-state index contributed by atoms with van der Waals surface area (Å²) in [7, 11) is 0. The number of aliphatic imine (C=N–C) groups is 1. The van der Waals surface area contributed by atoms with Gasteiger partial charge in [0.25, 0.3) is 0 Å². The van der Waals surface area contributed by atoms with E-state index in [0.29, 0.717) is 32.2 Å². The average molecular weight is 784 g/mol. The highest BCUT2D eigenvalue weighted by Gasteiger charge is 2.64. The van der Waals surface area contributed by atoms with Gasteiger partial charge in [0.2, 0.25) is 5.72 Å². The van der Waals surface area contributed by atoms with Crippen molar-refractivity contribution in [2.24, 2.45) is 16.6 Å². The second-order valence-electron chi connectivity index (χ2n) is 18.1. The van der Waals surface area contributed by atoms with E-state index in [-0.39, 0.29) is 36.2 Å². The van der Waals surface area contributed by atoms with Gasteiger partial charge in [-0.1, -0.05) is 89.7 Å². The van der Waals surface area contributed by atoms with E-state index in [1.807, 2.05) is 0 Å². The lowest BCUT2D eigenvalue weighted by Crippen LogP contribution is -2.76. The van der Waals surface area contributed by atoms with Crippen molar-refractivity contribution >= 4 is 17.8 Å². The first-order chi connectivity index (χ1) is 27.4. The number of hydrogen-bond acceptors (Lipinski definition) is 10. The Hall–Kier alpha value is -2.21. The molecule has 56 heavy (non-hydrogen) atoms. The number of carbonyl (C=O) groups is 1.